The Hall–Kier alpha value is 0.534. The van der Waals surface area contributed by atoms with E-state index in [1.165, 1.54) is 0 Å². The maximum Gasteiger partial charge on any atom is 0.192 e. The van der Waals surface area contributed by atoms with E-state index in [0.29, 0.717) is 6.42 Å². The maximum atomic E-state index is 9.52. The summed E-state index contributed by atoms with van der Waals surface area (Å²) in [5, 5.41) is 9.80. The van der Waals surface area contributed by atoms with Crippen molar-refractivity contribution in [2.45, 2.75) is 103 Å². The van der Waals surface area contributed by atoms with Crippen molar-refractivity contribution in [3.8, 4) is 0 Å². The smallest absolute Gasteiger partial charge is 0.192 e. The van der Waals surface area contributed by atoms with E-state index in [9.17, 15) is 5.11 Å². The molecule has 0 aromatic heterocycles. The Morgan fingerprint density at radius 3 is 1.68 bits per heavy atom. The average Bonchev–Trinajstić information content (AvgIpc) is 2.34. The van der Waals surface area contributed by atoms with Gasteiger partial charge in [0, 0.05) is 17.5 Å². The van der Waals surface area contributed by atoms with Gasteiger partial charge in [0.2, 0.25) is 0 Å². The summed E-state index contributed by atoms with van der Waals surface area (Å²) in [4.78, 5) is 0. The van der Waals surface area contributed by atoms with Crippen LogP contribution in [0.15, 0.2) is 11.1 Å². The standard InChI is InChI=1S/C19H41BrO3Si2/c1-15(20)17(23-25(10,11)19(5,6)7)14-16(12-13-21)22-24(8,9)18(2,3)4/h16-17,21H,1,12-14H2,2-11H3/t16-,17+/m1/s1. The summed E-state index contributed by atoms with van der Waals surface area (Å²) in [7, 11) is -3.82. The van der Waals surface area contributed by atoms with Crippen LogP contribution in [0.5, 0.6) is 0 Å². The van der Waals surface area contributed by atoms with Crippen molar-refractivity contribution >= 4 is 32.6 Å². The molecule has 0 saturated carbocycles. The van der Waals surface area contributed by atoms with Crippen molar-refractivity contribution in [1.82, 2.24) is 0 Å². The van der Waals surface area contributed by atoms with Crippen molar-refractivity contribution in [3.63, 3.8) is 0 Å². The molecule has 0 aromatic carbocycles. The van der Waals surface area contributed by atoms with E-state index in [4.69, 9.17) is 8.85 Å². The van der Waals surface area contributed by atoms with E-state index in [2.05, 4.69) is 90.2 Å². The van der Waals surface area contributed by atoms with Gasteiger partial charge in [-0.15, -0.1) is 0 Å². The van der Waals surface area contributed by atoms with E-state index >= 15 is 0 Å². The van der Waals surface area contributed by atoms with E-state index in [1.54, 1.807) is 0 Å². The van der Waals surface area contributed by atoms with Gasteiger partial charge in [0.1, 0.15) is 0 Å². The molecule has 150 valence electrons. The number of halogens is 1. The Bertz CT molecular complexity index is 437. The van der Waals surface area contributed by atoms with Gasteiger partial charge in [0.15, 0.2) is 16.6 Å². The molecule has 0 rings (SSSR count). The highest BCUT2D eigenvalue weighted by Gasteiger charge is 2.42. The Morgan fingerprint density at radius 1 is 0.960 bits per heavy atom. The molecule has 0 aliphatic carbocycles. The zero-order valence-electron chi connectivity index (χ0n) is 18.1. The zero-order valence-corrected chi connectivity index (χ0v) is 21.7. The van der Waals surface area contributed by atoms with Gasteiger partial charge in [-0.3, -0.25) is 0 Å². The molecule has 25 heavy (non-hydrogen) atoms. The van der Waals surface area contributed by atoms with Crippen molar-refractivity contribution < 1.29 is 14.0 Å². The predicted octanol–water partition coefficient (Wildman–Crippen LogP) is 6.45. The molecule has 0 radical (unpaired) electrons. The number of hydrogen-bond donors (Lipinski definition) is 1. The molecule has 0 fully saturated rings. The fourth-order valence-corrected chi connectivity index (χ4v) is 5.13. The van der Waals surface area contributed by atoms with Gasteiger partial charge in [0.05, 0.1) is 12.2 Å². The SMILES string of the molecule is C=C(Br)[C@H](C[C@@H](CCO)O[Si](C)(C)C(C)(C)C)O[Si](C)(C)C(C)(C)C. The molecule has 2 atom stereocenters. The third-order valence-corrected chi connectivity index (χ3v) is 15.3. The largest absolute Gasteiger partial charge is 0.414 e. The third-order valence-electron chi connectivity index (χ3n) is 5.79. The molecule has 0 unspecified atom stereocenters. The van der Waals surface area contributed by atoms with Crippen LogP contribution >= 0.6 is 15.9 Å². The van der Waals surface area contributed by atoms with Crippen LogP contribution in [0.3, 0.4) is 0 Å². The van der Waals surface area contributed by atoms with Gasteiger partial charge in [-0.2, -0.15) is 0 Å². The van der Waals surface area contributed by atoms with Crippen molar-refractivity contribution in [2.24, 2.45) is 0 Å². The molecular formula is C19H41BrO3Si2. The second kappa shape index (κ2) is 9.15. The zero-order chi connectivity index (χ0) is 20.3. The lowest BCUT2D eigenvalue weighted by atomic mass is 10.1. The monoisotopic (exact) mass is 452 g/mol. The molecule has 0 bridgehead atoms. The van der Waals surface area contributed by atoms with E-state index in [-0.39, 0.29) is 28.9 Å². The summed E-state index contributed by atoms with van der Waals surface area (Å²) in [5.74, 6) is 0. The molecule has 0 spiro atoms. The van der Waals surface area contributed by atoms with Crippen LogP contribution in [0.4, 0.5) is 0 Å². The minimum Gasteiger partial charge on any atom is -0.414 e. The quantitative estimate of drug-likeness (QED) is 0.408. The van der Waals surface area contributed by atoms with Crippen molar-refractivity contribution in [3.05, 3.63) is 11.1 Å². The summed E-state index contributed by atoms with van der Waals surface area (Å²) in [6.45, 7) is 26.7. The summed E-state index contributed by atoms with van der Waals surface area (Å²) in [6.07, 6.45) is 1.24. The van der Waals surface area contributed by atoms with Crippen LogP contribution in [-0.2, 0) is 8.85 Å². The Kier molecular flexibility index (Phi) is 9.35. The van der Waals surface area contributed by atoms with Gasteiger partial charge in [-0.05, 0) is 42.7 Å². The molecule has 0 amide bonds. The number of hydrogen-bond acceptors (Lipinski definition) is 3. The van der Waals surface area contributed by atoms with Crippen LogP contribution in [0, 0.1) is 0 Å². The van der Waals surface area contributed by atoms with Crippen LogP contribution in [0.2, 0.25) is 36.3 Å². The molecule has 0 saturated heterocycles. The predicted molar refractivity (Wildman–Crippen MR) is 119 cm³/mol. The molecule has 0 heterocycles. The second-order valence-electron chi connectivity index (χ2n) is 10.1. The lowest BCUT2D eigenvalue weighted by Crippen LogP contribution is -2.47. The summed E-state index contributed by atoms with van der Waals surface area (Å²) < 4.78 is 14.0. The minimum absolute atomic E-state index is 0.0186. The maximum absolute atomic E-state index is 9.52. The summed E-state index contributed by atoms with van der Waals surface area (Å²) in [5.41, 5.74) is 0. The van der Waals surface area contributed by atoms with Gasteiger partial charge in [-0.25, -0.2) is 0 Å². The van der Waals surface area contributed by atoms with Crippen LogP contribution in [0.25, 0.3) is 0 Å². The van der Waals surface area contributed by atoms with Gasteiger partial charge in [0.25, 0.3) is 0 Å². The summed E-state index contributed by atoms with van der Waals surface area (Å²) in [6, 6.07) is 0. The topological polar surface area (TPSA) is 38.7 Å². The second-order valence-corrected chi connectivity index (χ2v) is 20.6. The average molecular weight is 454 g/mol. The number of aliphatic hydroxyl groups is 1. The Morgan fingerprint density at radius 2 is 1.36 bits per heavy atom. The first-order chi connectivity index (χ1) is 10.9. The fraction of sp³-hybridized carbons (Fsp3) is 0.895. The minimum atomic E-state index is -1.91. The van der Waals surface area contributed by atoms with Crippen molar-refractivity contribution in [1.29, 1.82) is 0 Å². The number of aliphatic hydroxyl groups excluding tert-OH is 1. The van der Waals surface area contributed by atoms with Gasteiger partial charge >= 0.3 is 0 Å². The number of rotatable bonds is 9. The van der Waals surface area contributed by atoms with Crippen LogP contribution < -0.4 is 0 Å². The highest BCUT2D eigenvalue weighted by Crippen LogP contribution is 2.41. The van der Waals surface area contributed by atoms with E-state index < -0.39 is 16.6 Å². The molecule has 0 aliphatic heterocycles. The van der Waals surface area contributed by atoms with E-state index in [0.717, 1.165) is 10.9 Å². The van der Waals surface area contributed by atoms with Crippen LogP contribution in [0.1, 0.15) is 54.4 Å². The molecule has 0 aliphatic rings. The Labute approximate surface area is 167 Å². The van der Waals surface area contributed by atoms with Crippen LogP contribution in [-0.4, -0.2) is 40.6 Å². The summed E-state index contributed by atoms with van der Waals surface area (Å²) >= 11 is 3.56. The molecule has 1 N–H and O–H groups in total. The fourth-order valence-electron chi connectivity index (χ4n) is 1.97. The molecule has 6 heteroatoms. The molecular weight excluding hydrogens is 412 g/mol. The first kappa shape index (κ1) is 25.5. The van der Waals surface area contributed by atoms with Gasteiger partial charge in [-0.1, -0.05) is 64.1 Å². The normalized spacial score (nSPS) is 16.6. The lowest BCUT2D eigenvalue weighted by Gasteiger charge is -2.42. The molecule has 0 aromatic rings. The van der Waals surface area contributed by atoms with Gasteiger partial charge < -0.3 is 14.0 Å². The molecule has 3 nitrogen and oxygen atoms in total. The lowest BCUT2D eigenvalue weighted by molar-refractivity contribution is 0.0914. The first-order valence-corrected chi connectivity index (χ1v) is 15.9. The highest BCUT2D eigenvalue weighted by molar-refractivity contribution is 9.11. The Balaban J connectivity index is 5.32. The third kappa shape index (κ3) is 7.97. The van der Waals surface area contributed by atoms with Crippen molar-refractivity contribution in [2.75, 3.05) is 6.61 Å². The van der Waals surface area contributed by atoms with E-state index in [1.807, 2.05) is 0 Å². The highest BCUT2D eigenvalue weighted by atomic mass is 79.9. The first-order valence-electron chi connectivity index (χ1n) is 9.25.